The maximum absolute atomic E-state index is 11.7. The number of ether oxygens (including phenoxy) is 1. The summed E-state index contributed by atoms with van der Waals surface area (Å²) in [6.45, 7) is 9.31. The lowest BCUT2D eigenvalue weighted by Gasteiger charge is -2.36. The number of aromatic nitrogens is 4. The fraction of sp³-hybridized carbons (Fsp3) is 0.259. The van der Waals surface area contributed by atoms with E-state index >= 15 is 0 Å². The van der Waals surface area contributed by atoms with Gasteiger partial charge in [-0.1, -0.05) is 18.7 Å². The Morgan fingerprint density at radius 3 is 2.59 bits per heavy atom. The van der Waals surface area contributed by atoms with Crippen molar-refractivity contribution < 1.29 is 9.53 Å². The summed E-state index contributed by atoms with van der Waals surface area (Å²) in [5.41, 5.74) is 4.34. The van der Waals surface area contributed by atoms with Crippen molar-refractivity contribution in [3.8, 4) is 11.4 Å². The minimum Gasteiger partial charge on any atom is -0.383 e. The smallest absolute Gasteiger partial charge is 0.247 e. The third-order valence-corrected chi connectivity index (χ3v) is 6.32. The predicted molar refractivity (Wildman–Crippen MR) is 145 cm³/mol. The minimum atomic E-state index is -0.269. The number of piperazine rings is 1. The van der Waals surface area contributed by atoms with Crippen LogP contribution in [0.1, 0.15) is 0 Å². The summed E-state index contributed by atoms with van der Waals surface area (Å²) in [6.07, 6.45) is 4.68. The highest BCUT2D eigenvalue weighted by Gasteiger charge is 2.17. The molecule has 2 aromatic heterocycles. The van der Waals surface area contributed by atoms with Crippen LogP contribution < -0.4 is 15.5 Å². The Kier molecular flexibility index (Phi) is 7.38. The van der Waals surface area contributed by atoms with Crippen molar-refractivity contribution in [2.45, 2.75) is 0 Å². The largest absolute Gasteiger partial charge is 0.383 e. The van der Waals surface area contributed by atoms with Crippen LogP contribution in [-0.2, 0) is 9.53 Å². The lowest BCUT2D eigenvalue weighted by molar-refractivity contribution is -0.111. The zero-order valence-corrected chi connectivity index (χ0v) is 20.8. The van der Waals surface area contributed by atoms with Crippen molar-refractivity contribution in [2.75, 3.05) is 62.0 Å². The lowest BCUT2D eigenvalue weighted by Crippen LogP contribution is -2.47. The lowest BCUT2D eigenvalue weighted by atomic mass is 10.2. The molecule has 0 atom stereocenters. The van der Waals surface area contributed by atoms with Crippen molar-refractivity contribution in [3.05, 3.63) is 73.6 Å². The zero-order valence-electron chi connectivity index (χ0n) is 20.8. The summed E-state index contributed by atoms with van der Waals surface area (Å²) in [5.74, 6) is 0.840. The van der Waals surface area contributed by atoms with E-state index in [1.165, 1.54) is 11.8 Å². The Morgan fingerprint density at radius 2 is 1.84 bits per heavy atom. The second-order valence-electron chi connectivity index (χ2n) is 8.77. The van der Waals surface area contributed by atoms with E-state index in [0.29, 0.717) is 17.5 Å². The van der Waals surface area contributed by atoms with Crippen LogP contribution in [-0.4, -0.2) is 76.8 Å². The van der Waals surface area contributed by atoms with Crippen molar-refractivity contribution in [1.82, 2.24) is 24.5 Å². The van der Waals surface area contributed by atoms with Gasteiger partial charge in [0.25, 0.3) is 0 Å². The first-order valence-electron chi connectivity index (χ1n) is 12.2. The molecule has 10 heteroatoms. The quantitative estimate of drug-likeness (QED) is 0.339. The van der Waals surface area contributed by atoms with E-state index in [1.54, 1.807) is 24.0 Å². The molecule has 1 aliphatic rings. The molecule has 2 aromatic carbocycles. The first-order valence-corrected chi connectivity index (χ1v) is 12.2. The molecular formula is C27H30N8O2. The molecule has 0 bridgehead atoms. The van der Waals surface area contributed by atoms with Gasteiger partial charge in [0.15, 0.2) is 5.82 Å². The fourth-order valence-corrected chi connectivity index (χ4v) is 4.32. The number of methoxy groups -OCH3 is 1. The van der Waals surface area contributed by atoms with Gasteiger partial charge < -0.3 is 20.3 Å². The van der Waals surface area contributed by atoms with Crippen molar-refractivity contribution in [1.29, 1.82) is 0 Å². The molecule has 1 amide bonds. The summed E-state index contributed by atoms with van der Waals surface area (Å²) in [5, 5.41) is 10.7. The molecular weight excluding hydrogens is 468 g/mol. The summed E-state index contributed by atoms with van der Waals surface area (Å²) >= 11 is 0. The molecule has 0 unspecified atom stereocenters. The third kappa shape index (κ3) is 5.76. The van der Waals surface area contributed by atoms with Crippen LogP contribution in [0.2, 0.25) is 0 Å². The van der Waals surface area contributed by atoms with E-state index in [2.05, 4.69) is 54.2 Å². The fourth-order valence-electron chi connectivity index (χ4n) is 4.32. The Labute approximate surface area is 215 Å². The standard InChI is InChI=1S/C27H30N8O2/c1-3-25(36)30-22-6-4-5-20(17-22)26-28-18-24-19-29-27(32-35(24)26)31-21-7-9-23(10-8-21)34-13-11-33(12-14-34)15-16-37-2/h3-10,17-19H,1,11-16H2,2H3,(H,30,36)(H,31,32). The molecule has 1 aliphatic heterocycles. The van der Waals surface area contributed by atoms with E-state index in [0.717, 1.165) is 56.1 Å². The van der Waals surface area contributed by atoms with Crippen LogP contribution in [0.25, 0.3) is 16.9 Å². The predicted octanol–water partition coefficient (Wildman–Crippen LogP) is 3.43. The second kappa shape index (κ2) is 11.2. The van der Waals surface area contributed by atoms with Gasteiger partial charge in [-0.05, 0) is 42.5 Å². The number of hydrogen-bond acceptors (Lipinski definition) is 8. The number of anilines is 4. The van der Waals surface area contributed by atoms with Gasteiger partial charge in [-0.3, -0.25) is 9.69 Å². The zero-order chi connectivity index (χ0) is 25.6. The highest BCUT2D eigenvalue weighted by atomic mass is 16.5. The van der Waals surface area contributed by atoms with Crippen LogP contribution in [0.3, 0.4) is 0 Å². The molecule has 3 heterocycles. The average molecular weight is 499 g/mol. The van der Waals surface area contributed by atoms with E-state index < -0.39 is 0 Å². The first-order chi connectivity index (χ1) is 18.1. The molecule has 0 saturated carbocycles. The Bertz CT molecular complexity index is 1380. The number of nitrogens with one attached hydrogen (secondary N) is 2. The van der Waals surface area contributed by atoms with E-state index in [-0.39, 0.29) is 5.91 Å². The third-order valence-electron chi connectivity index (χ3n) is 6.32. The number of nitrogens with zero attached hydrogens (tertiary/aromatic N) is 6. The number of imidazole rings is 1. The molecule has 0 radical (unpaired) electrons. The summed E-state index contributed by atoms with van der Waals surface area (Å²) in [6, 6.07) is 15.8. The van der Waals surface area contributed by atoms with E-state index in [9.17, 15) is 4.79 Å². The van der Waals surface area contributed by atoms with Gasteiger partial charge in [0.1, 0.15) is 5.52 Å². The van der Waals surface area contributed by atoms with Gasteiger partial charge in [-0.2, -0.15) is 0 Å². The average Bonchev–Trinajstić information content (AvgIpc) is 3.36. The normalized spacial score (nSPS) is 14.0. The number of rotatable bonds is 9. The first kappa shape index (κ1) is 24.4. The minimum absolute atomic E-state index is 0.269. The van der Waals surface area contributed by atoms with Crippen LogP contribution in [0.5, 0.6) is 0 Å². The van der Waals surface area contributed by atoms with Gasteiger partial charge in [-0.25, -0.2) is 14.5 Å². The van der Waals surface area contributed by atoms with Gasteiger partial charge in [-0.15, -0.1) is 5.10 Å². The Morgan fingerprint density at radius 1 is 1.05 bits per heavy atom. The number of hydrogen-bond donors (Lipinski definition) is 2. The Balaban J connectivity index is 1.28. The summed E-state index contributed by atoms with van der Waals surface area (Å²) in [7, 11) is 1.75. The van der Waals surface area contributed by atoms with E-state index in [1.807, 2.05) is 36.4 Å². The molecule has 5 rings (SSSR count). The molecule has 10 nitrogen and oxygen atoms in total. The molecule has 0 spiro atoms. The second-order valence-corrected chi connectivity index (χ2v) is 8.77. The molecule has 1 saturated heterocycles. The molecule has 1 fully saturated rings. The SMILES string of the molecule is C=CC(=O)Nc1cccc(-c2ncc3cnc(Nc4ccc(N5CCN(CCOC)CC5)cc4)nn23)c1. The topological polar surface area (TPSA) is 99.9 Å². The number of carbonyl (C=O) groups excluding carboxylic acids is 1. The van der Waals surface area contributed by atoms with Crippen molar-refractivity contribution in [2.24, 2.45) is 0 Å². The van der Waals surface area contributed by atoms with Gasteiger partial charge in [0.2, 0.25) is 11.9 Å². The maximum atomic E-state index is 11.7. The summed E-state index contributed by atoms with van der Waals surface area (Å²) in [4.78, 5) is 25.5. The van der Waals surface area contributed by atoms with Gasteiger partial charge in [0, 0.05) is 62.5 Å². The molecule has 2 N–H and O–H groups in total. The van der Waals surface area contributed by atoms with Crippen molar-refractivity contribution >= 4 is 34.4 Å². The highest BCUT2D eigenvalue weighted by molar-refractivity contribution is 5.99. The van der Waals surface area contributed by atoms with Gasteiger partial charge in [0.05, 0.1) is 19.0 Å². The van der Waals surface area contributed by atoms with Crippen LogP contribution in [0.4, 0.5) is 23.0 Å². The van der Waals surface area contributed by atoms with Crippen LogP contribution in [0, 0.1) is 0 Å². The number of carbonyl (C=O) groups is 1. The molecule has 190 valence electrons. The molecule has 4 aromatic rings. The Hall–Kier alpha value is -4.28. The van der Waals surface area contributed by atoms with Crippen LogP contribution in [0.15, 0.2) is 73.6 Å². The van der Waals surface area contributed by atoms with Gasteiger partial charge >= 0.3 is 0 Å². The number of amides is 1. The number of benzene rings is 2. The van der Waals surface area contributed by atoms with E-state index in [4.69, 9.17) is 4.74 Å². The monoisotopic (exact) mass is 498 g/mol. The molecule has 37 heavy (non-hydrogen) atoms. The molecule has 0 aliphatic carbocycles. The highest BCUT2D eigenvalue weighted by Crippen LogP contribution is 2.24. The maximum Gasteiger partial charge on any atom is 0.247 e. The van der Waals surface area contributed by atoms with Crippen LogP contribution >= 0.6 is 0 Å². The number of fused-ring (bicyclic) bond motifs is 1. The summed E-state index contributed by atoms with van der Waals surface area (Å²) < 4.78 is 6.93. The van der Waals surface area contributed by atoms with Crippen molar-refractivity contribution in [3.63, 3.8) is 0 Å².